The monoisotopic (exact) mass is 231 g/mol. The highest BCUT2D eigenvalue weighted by atomic mass is 15.1. The maximum atomic E-state index is 8.63. The van der Waals surface area contributed by atoms with Gasteiger partial charge >= 0.3 is 0 Å². The summed E-state index contributed by atoms with van der Waals surface area (Å²) in [6.45, 7) is 4.83. The molecule has 0 aromatic heterocycles. The Bertz CT molecular complexity index is 375. The number of benzene rings is 1. The molecule has 1 rings (SSSR count). The van der Waals surface area contributed by atoms with Crippen LogP contribution in [0.15, 0.2) is 24.3 Å². The summed E-state index contributed by atoms with van der Waals surface area (Å²) in [7, 11) is 2.02. The van der Waals surface area contributed by atoms with Crippen LogP contribution in [0.1, 0.15) is 30.5 Å². The third-order valence-corrected chi connectivity index (χ3v) is 2.97. The zero-order valence-corrected chi connectivity index (χ0v) is 10.9. The van der Waals surface area contributed by atoms with E-state index in [1.807, 2.05) is 14.0 Å². The third-order valence-electron chi connectivity index (χ3n) is 2.97. The first-order valence-electron chi connectivity index (χ1n) is 5.95. The number of nitriles is 1. The van der Waals surface area contributed by atoms with E-state index in [-0.39, 0.29) is 12.1 Å². The summed E-state index contributed by atoms with van der Waals surface area (Å²) in [6, 6.07) is 10.8. The molecule has 0 aliphatic carbocycles. The van der Waals surface area contributed by atoms with E-state index in [1.165, 1.54) is 11.1 Å². The van der Waals surface area contributed by atoms with Crippen LogP contribution in [0.4, 0.5) is 0 Å². The van der Waals surface area contributed by atoms with Gasteiger partial charge in [0.2, 0.25) is 0 Å². The highest BCUT2D eigenvalue weighted by molar-refractivity contribution is 5.25. The second kappa shape index (κ2) is 6.39. The van der Waals surface area contributed by atoms with E-state index in [9.17, 15) is 0 Å². The summed E-state index contributed by atoms with van der Waals surface area (Å²) in [4.78, 5) is 2.15. The van der Waals surface area contributed by atoms with Crippen molar-refractivity contribution >= 4 is 0 Å². The quantitative estimate of drug-likeness (QED) is 0.845. The van der Waals surface area contributed by atoms with E-state index >= 15 is 0 Å². The minimum Gasteiger partial charge on any atom is -0.326 e. The Labute approximate surface area is 104 Å². The molecule has 0 saturated heterocycles. The molecule has 3 heteroatoms. The Morgan fingerprint density at radius 3 is 2.41 bits per heavy atom. The molecule has 1 aromatic rings. The van der Waals surface area contributed by atoms with E-state index in [1.54, 1.807) is 0 Å². The number of hydrogen-bond donors (Lipinski definition) is 1. The Morgan fingerprint density at radius 2 is 1.94 bits per heavy atom. The van der Waals surface area contributed by atoms with E-state index in [2.05, 4.69) is 42.2 Å². The van der Waals surface area contributed by atoms with Crippen molar-refractivity contribution < 1.29 is 0 Å². The van der Waals surface area contributed by atoms with E-state index in [4.69, 9.17) is 11.0 Å². The molecule has 0 bridgehead atoms. The molecular formula is C14H21N3. The SMILES string of the molecule is Cc1ccc(C(C(C)N)N(C)CCC#N)cc1. The summed E-state index contributed by atoms with van der Waals surface area (Å²) in [6.07, 6.45) is 0.533. The number of nitrogens with two attached hydrogens (primary N) is 1. The highest BCUT2D eigenvalue weighted by Crippen LogP contribution is 2.22. The van der Waals surface area contributed by atoms with Crippen LogP contribution in [0.5, 0.6) is 0 Å². The lowest BCUT2D eigenvalue weighted by molar-refractivity contribution is 0.223. The van der Waals surface area contributed by atoms with Crippen LogP contribution in [-0.2, 0) is 0 Å². The zero-order chi connectivity index (χ0) is 12.8. The fraction of sp³-hybridized carbons (Fsp3) is 0.500. The summed E-state index contributed by atoms with van der Waals surface area (Å²) in [5.74, 6) is 0. The molecule has 0 heterocycles. The summed E-state index contributed by atoms with van der Waals surface area (Å²) in [5, 5.41) is 8.63. The van der Waals surface area contributed by atoms with Gasteiger partial charge in [-0.3, -0.25) is 4.90 Å². The predicted molar refractivity (Wildman–Crippen MR) is 70.4 cm³/mol. The van der Waals surface area contributed by atoms with Crippen LogP contribution in [0.2, 0.25) is 0 Å². The second-order valence-corrected chi connectivity index (χ2v) is 4.60. The number of rotatable bonds is 5. The van der Waals surface area contributed by atoms with Gasteiger partial charge < -0.3 is 5.73 Å². The van der Waals surface area contributed by atoms with Gasteiger partial charge in [-0.1, -0.05) is 29.8 Å². The molecule has 3 nitrogen and oxygen atoms in total. The van der Waals surface area contributed by atoms with Gasteiger partial charge in [0.1, 0.15) is 0 Å². The van der Waals surface area contributed by atoms with Gasteiger partial charge in [-0.05, 0) is 26.5 Å². The summed E-state index contributed by atoms with van der Waals surface area (Å²) in [5.41, 5.74) is 8.52. The summed E-state index contributed by atoms with van der Waals surface area (Å²) < 4.78 is 0. The maximum absolute atomic E-state index is 8.63. The number of nitrogens with zero attached hydrogens (tertiary/aromatic N) is 2. The Hall–Kier alpha value is -1.37. The van der Waals surface area contributed by atoms with Crippen molar-refractivity contribution in [3.8, 4) is 6.07 Å². The lowest BCUT2D eigenvalue weighted by atomic mass is 9.98. The predicted octanol–water partition coefficient (Wildman–Crippen LogP) is 2.23. The molecule has 0 spiro atoms. The minimum absolute atomic E-state index is 0.0430. The molecule has 0 aliphatic heterocycles. The van der Waals surface area contributed by atoms with Crippen molar-refractivity contribution in [1.29, 1.82) is 5.26 Å². The lowest BCUT2D eigenvalue weighted by Gasteiger charge is -2.31. The topological polar surface area (TPSA) is 53.0 Å². The smallest absolute Gasteiger partial charge is 0.0635 e. The Kier molecular flexibility index (Phi) is 5.14. The standard InChI is InChI=1S/C14H21N3/c1-11-5-7-13(8-6-11)14(12(2)16)17(3)10-4-9-15/h5-8,12,14H,4,10,16H2,1-3H3. The molecule has 0 saturated carbocycles. The van der Waals surface area contributed by atoms with Crippen LogP contribution in [0, 0.1) is 18.3 Å². The molecule has 2 N–H and O–H groups in total. The second-order valence-electron chi connectivity index (χ2n) is 4.60. The largest absolute Gasteiger partial charge is 0.326 e. The number of hydrogen-bond acceptors (Lipinski definition) is 3. The zero-order valence-electron chi connectivity index (χ0n) is 10.9. The van der Waals surface area contributed by atoms with Crippen molar-refractivity contribution in [3.63, 3.8) is 0 Å². The van der Waals surface area contributed by atoms with Gasteiger partial charge in [0.25, 0.3) is 0 Å². The van der Waals surface area contributed by atoms with Gasteiger partial charge in [0.05, 0.1) is 6.07 Å². The first-order valence-corrected chi connectivity index (χ1v) is 5.95. The first kappa shape index (κ1) is 13.7. The average molecular weight is 231 g/mol. The average Bonchev–Trinajstić information content (AvgIpc) is 2.29. The molecule has 2 atom stereocenters. The molecule has 0 radical (unpaired) electrons. The van der Waals surface area contributed by atoms with Crippen molar-refractivity contribution in [2.24, 2.45) is 5.73 Å². The normalized spacial score (nSPS) is 14.4. The highest BCUT2D eigenvalue weighted by Gasteiger charge is 2.20. The maximum Gasteiger partial charge on any atom is 0.0635 e. The van der Waals surface area contributed by atoms with Crippen LogP contribution in [-0.4, -0.2) is 24.5 Å². The van der Waals surface area contributed by atoms with Crippen molar-refractivity contribution in [2.75, 3.05) is 13.6 Å². The van der Waals surface area contributed by atoms with E-state index in [0.29, 0.717) is 6.42 Å². The number of aryl methyl sites for hydroxylation is 1. The first-order chi connectivity index (χ1) is 8.06. The molecule has 0 fully saturated rings. The van der Waals surface area contributed by atoms with Crippen LogP contribution in [0.3, 0.4) is 0 Å². The molecular weight excluding hydrogens is 210 g/mol. The number of likely N-dealkylation sites (N-methyl/N-ethyl adjacent to an activating group) is 1. The van der Waals surface area contributed by atoms with Gasteiger partial charge in [-0.2, -0.15) is 5.26 Å². The molecule has 0 amide bonds. The molecule has 2 unspecified atom stereocenters. The van der Waals surface area contributed by atoms with Gasteiger partial charge in [-0.15, -0.1) is 0 Å². The Balaban J connectivity index is 2.85. The van der Waals surface area contributed by atoms with Gasteiger partial charge in [0.15, 0.2) is 0 Å². The third kappa shape index (κ3) is 3.85. The van der Waals surface area contributed by atoms with Gasteiger partial charge in [-0.25, -0.2) is 0 Å². The molecule has 92 valence electrons. The van der Waals surface area contributed by atoms with E-state index in [0.717, 1.165) is 6.54 Å². The van der Waals surface area contributed by atoms with Gasteiger partial charge in [0, 0.05) is 25.0 Å². The van der Waals surface area contributed by atoms with Crippen LogP contribution >= 0.6 is 0 Å². The van der Waals surface area contributed by atoms with Crippen molar-refractivity contribution in [3.05, 3.63) is 35.4 Å². The summed E-state index contributed by atoms with van der Waals surface area (Å²) >= 11 is 0. The van der Waals surface area contributed by atoms with Crippen molar-refractivity contribution in [1.82, 2.24) is 4.90 Å². The van der Waals surface area contributed by atoms with Crippen LogP contribution < -0.4 is 5.73 Å². The molecule has 1 aromatic carbocycles. The minimum atomic E-state index is 0.0430. The fourth-order valence-electron chi connectivity index (χ4n) is 2.09. The van der Waals surface area contributed by atoms with Crippen LogP contribution in [0.25, 0.3) is 0 Å². The molecule has 17 heavy (non-hydrogen) atoms. The fourth-order valence-corrected chi connectivity index (χ4v) is 2.09. The lowest BCUT2D eigenvalue weighted by Crippen LogP contribution is -2.37. The van der Waals surface area contributed by atoms with Crippen molar-refractivity contribution in [2.45, 2.75) is 32.4 Å². The van der Waals surface area contributed by atoms with E-state index < -0.39 is 0 Å². The Morgan fingerprint density at radius 1 is 1.35 bits per heavy atom. The molecule has 0 aliphatic rings.